The van der Waals surface area contributed by atoms with Gasteiger partial charge in [-0.05, 0) is 6.42 Å². The number of nitrogens with one attached hydrogen (secondary N) is 1. The first-order chi connectivity index (χ1) is 7.58. The van der Waals surface area contributed by atoms with E-state index >= 15 is 0 Å². The van der Waals surface area contributed by atoms with Crippen LogP contribution in [0.2, 0.25) is 0 Å². The zero-order valence-corrected chi connectivity index (χ0v) is 9.49. The fraction of sp³-hybridized carbons (Fsp3) is 0.700. The molecule has 1 atom stereocenters. The molecule has 0 aromatic rings. The molecule has 2 amide bonds. The van der Waals surface area contributed by atoms with Crippen LogP contribution in [0.4, 0.5) is 0 Å². The normalized spacial score (nSPS) is 20.2. The summed E-state index contributed by atoms with van der Waals surface area (Å²) in [6.45, 7) is 2.07. The topological polar surface area (TPSA) is 75.7 Å². The highest BCUT2D eigenvalue weighted by atomic mass is 16.5. The van der Waals surface area contributed by atoms with Crippen molar-refractivity contribution >= 4 is 17.8 Å². The number of methoxy groups -OCH3 is 1. The summed E-state index contributed by atoms with van der Waals surface area (Å²) in [6.07, 6.45) is 1.13. The van der Waals surface area contributed by atoms with Crippen LogP contribution in [0.1, 0.15) is 26.2 Å². The summed E-state index contributed by atoms with van der Waals surface area (Å²) < 4.78 is 4.57. The van der Waals surface area contributed by atoms with Gasteiger partial charge in [-0.3, -0.25) is 24.8 Å². The maximum absolute atomic E-state index is 11.6. The number of amides is 2. The average molecular weight is 228 g/mol. The Kier molecular flexibility index (Phi) is 4.28. The SMILES string of the molecule is CCCC(=O)N1CC(C(=O)OC)CC(=O)N1. The largest absolute Gasteiger partial charge is 0.469 e. The van der Waals surface area contributed by atoms with E-state index in [1.165, 1.54) is 12.1 Å². The van der Waals surface area contributed by atoms with Crippen molar-refractivity contribution in [3.05, 3.63) is 0 Å². The van der Waals surface area contributed by atoms with E-state index in [0.29, 0.717) is 12.8 Å². The summed E-state index contributed by atoms with van der Waals surface area (Å²) in [5.74, 6) is -1.51. The fourth-order valence-corrected chi connectivity index (χ4v) is 1.59. The predicted octanol–water partition coefficient (Wildman–Crippen LogP) is -0.161. The molecule has 6 heteroatoms. The molecule has 1 heterocycles. The van der Waals surface area contributed by atoms with Crippen molar-refractivity contribution in [2.45, 2.75) is 26.2 Å². The third kappa shape index (κ3) is 2.95. The first kappa shape index (κ1) is 12.5. The van der Waals surface area contributed by atoms with E-state index in [-0.39, 0.29) is 24.8 Å². The minimum absolute atomic E-state index is 0.0720. The molecule has 16 heavy (non-hydrogen) atoms. The van der Waals surface area contributed by atoms with Gasteiger partial charge in [0.15, 0.2) is 0 Å². The number of rotatable bonds is 3. The van der Waals surface area contributed by atoms with Gasteiger partial charge in [-0.2, -0.15) is 0 Å². The summed E-state index contributed by atoms with van der Waals surface area (Å²) in [5.41, 5.74) is 2.45. The second kappa shape index (κ2) is 5.48. The zero-order valence-electron chi connectivity index (χ0n) is 9.49. The molecule has 0 radical (unpaired) electrons. The molecule has 1 N–H and O–H groups in total. The molecule has 0 aromatic carbocycles. The van der Waals surface area contributed by atoms with E-state index in [1.54, 1.807) is 0 Å². The van der Waals surface area contributed by atoms with Crippen LogP contribution < -0.4 is 5.43 Å². The van der Waals surface area contributed by atoms with E-state index in [4.69, 9.17) is 0 Å². The Hall–Kier alpha value is -1.59. The number of ether oxygens (including phenoxy) is 1. The van der Waals surface area contributed by atoms with Crippen LogP contribution in [0.15, 0.2) is 0 Å². The highest BCUT2D eigenvalue weighted by molar-refractivity contribution is 5.88. The summed E-state index contributed by atoms with van der Waals surface area (Å²) in [5, 5.41) is 1.21. The van der Waals surface area contributed by atoms with Crippen molar-refractivity contribution in [3.63, 3.8) is 0 Å². The van der Waals surface area contributed by atoms with E-state index in [1.807, 2.05) is 6.92 Å². The maximum Gasteiger partial charge on any atom is 0.311 e. The molecule has 1 unspecified atom stereocenters. The van der Waals surface area contributed by atoms with Gasteiger partial charge in [0.05, 0.1) is 19.6 Å². The Morgan fingerprint density at radius 1 is 1.56 bits per heavy atom. The van der Waals surface area contributed by atoms with Crippen molar-refractivity contribution in [1.29, 1.82) is 0 Å². The molecule has 0 aliphatic carbocycles. The van der Waals surface area contributed by atoms with Gasteiger partial charge in [0.25, 0.3) is 0 Å². The Labute approximate surface area is 93.9 Å². The second-order valence-corrected chi connectivity index (χ2v) is 3.71. The lowest BCUT2D eigenvalue weighted by Gasteiger charge is -2.31. The quantitative estimate of drug-likeness (QED) is 0.681. The third-order valence-electron chi connectivity index (χ3n) is 2.39. The second-order valence-electron chi connectivity index (χ2n) is 3.71. The van der Waals surface area contributed by atoms with Crippen LogP contribution in [-0.2, 0) is 19.1 Å². The first-order valence-corrected chi connectivity index (χ1v) is 5.26. The van der Waals surface area contributed by atoms with Crippen molar-refractivity contribution in [3.8, 4) is 0 Å². The van der Waals surface area contributed by atoms with E-state index in [9.17, 15) is 14.4 Å². The maximum atomic E-state index is 11.6. The summed E-state index contributed by atoms with van der Waals surface area (Å²) in [6, 6.07) is 0. The Morgan fingerprint density at radius 3 is 2.81 bits per heavy atom. The minimum Gasteiger partial charge on any atom is -0.469 e. The van der Waals surface area contributed by atoms with Crippen LogP contribution in [0.5, 0.6) is 0 Å². The Morgan fingerprint density at radius 2 is 2.25 bits per heavy atom. The Bertz CT molecular complexity index is 303. The van der Waals surface area contributed by atoms with Crippen LogP contribution in [-0.4, -0.2) is 36.4 Å². The minimum atomic E-state index is -0.556. The molecular formula is C10H16N2O4. The molecule has 6 nitrogen and oxygen atoms in total. The lowest BCUT2D eigenvalue weighted by Crippen LogP contribution is -2.54. The van der Waals surface area contributed by atoms with Gasteiger partial charge < -0.3 is 4.74 Å². The molecule has 0 bridgehead atoms. The summed E-state index contributed by atoms with van der Waals surface area (Å²) in [7, 11) is 1.27. The average Bonchev–Trinajstić information content (AvgIpc) is 2.27. The van der Waals surface area contributed by atoms with Crippen LogP contribution in [0.25, 0.3) is 0 Å². The van der Waals surface area contributed by atoms with Crippen molar-refractivity contribution in [2.75, 3.05) is 13.7 Å². The van der Waals surface area contributed by atoms with Crippen LogP contribution in [0, 0.1) is 5.92 Å². The highest BCUT2D eigenvalue weighted by Crippen LogP contribution is 2.13. The predicted molar refractivity (Wildman–Crippen MR) is 54.9 cm³/mol. The summed E-state index contributed by atoms with van der Waals surface area (Å²) in [4.78, 5) is 34.2. The van der Waals surface area contributed by atoms with Gasteiger partial charge in [0.2, 0.25) is 11.8 Å². The van der Waals surface area contributed by atoms with Gasteiger partial charge in [-0.1, -0.05) is 6.92 Å². The number of carbonyl (C=O) groups is 3. The Balaban J connectivity index is 2.64. The monoisotopic (exact) mass is 228 g/mol. The van der Waals surface area contributed by atoms with Crippen LogP contribution in [0.3, 0.4) is 0 Å². The first-order valence-electron chi connectivity index (χ1n) is 5.26. The van der Waals surface area contributed by atoms with E-state index in [2.05, 4.69) is 10.2 Å². The standard InChI is InChI=1S/C10H16N2O4/c1-3-4-9(14)12-6-7(10(15)16-2)5-8(13)11-12/h7H,3-6H2,1-2H3,(H,11,13). The van der Waals surface area contributed by atoms with Gasteiger partial charge in [0.1, 0.15) is 0 Å². The number of hydrazine groups is 1. The van der Waals surface area contributed by atoms with E-state index in [0.717, 1.165) is 0 Å². The summed E-state index contributed by atoms with van der Waals surface area (Å²) >= 11 is 0. The van der Waals surface area contributed by atoms with Crippen molar-refractivity contribution in [1.82, 2.24) is 10.4 Å². The number of carbonyl (C=O) groups excluding carboxylic acids is 3. The molecule has 1 fully saturated rings. The molecule has 0 saturated carbocycles. The number of hydrogen-bond acceptors (Lipinski definition) is 4. The number of hydrogen-bond donors (Lipinski definition) is 1. The molecule has 1 aliphatic heterocycles. The van der Waals surface area contributed by atoms with Crippen molar-refractivity contribution in [2.24, 2.45) is 5.92 Å². The zero-order chi connectivity index (χ0) is 12.1. The molecule has 1 aliphatic rings. The van der Waals surface area contributed by atoms with Crippen LogP contribution >= 0.6 is 0 Å². The van der Waals surface area contributed by atoms with Gasteiger partial charge in [-0.25, -0.2) is 0 Å². The number of nitrogens with zero attached hydrogens (tertiary/aromatic N) is 1. The molecular weight excluding hydrogens is 212 g/mol. The lowest BCUT2D eigenvalue weighted by atomic mass is 10.0. The lowest BCUT2D eigenvalue weighted by molar-refractivity contribution is -0.156. The van der Waals surface area contributed by atoms with Crippen molar-refractivity contribution < 1.29 is 19.1 Å². The number of esters is 1. The van der Waals surface area contributed by atoms with E-state index < -0.39 is 11.9 Å². The molecule has 0 aromatic heterocycles. The van der Waals surface area contributed by atoms with Gasteiger partial charge in [0, 0.05) is 12.8 Å². The third-order valence-corrected chi connectivity index (χ3v) is 2.39. The molecule has 1 saturated heterocycles. The molecule has 1 rings (SSSR count). The molecule has 90 valence electrons. The fourth-order valence-electron chi connectivity index (χ4n) is 1.59. The molecule has 0 spiro atoms. The van der Waals surface area contributed by atoms with Gasteiger partial charge >= 0.3 is 5.97 Å². The highest BCUT2D eigenvalue weighted by Gasteiger charge is 2.32. The van der Waals surface area contributed by atoms with Gasteiger partial charge in [-0.15, -0.1) is 0 Å². The smallest absolute Gasteiger partial charge is 0.311 e.